The lowest BCUT2D eigenvalue weighted by Crippen LogP contribution is -2.46. The van der Waals surface area contributed by atoms with Crippen molar-refractivity contribution in [2.45, 2.75) is 37.6 Å². The number of benzene rings is 1. The molecule has 2 N–H and O–H groups in total. The van der Waals surface area contributed by atoms with Crippen molar-refractivity contribution >= 4 is 21.8 Å². The number of aromatic nitrogens is 3. The quantitative estimate of drug-likeness (QED) is 0.874. The van der Waals surface area contributed by atoms with Gasteiger partial charge in [0, 0.05) is 29.5 Å². The van der Waals surface area contributed by atoms with E-state index in [9.17, 15) is 4.79 Å². The maximum atomic E-state index is 12.9. The molecule has 1 unspecified atom stereocenters. The average molecular weight is 390 g/mol. The number of nitrogens with zero attached hydrogens (tertiary/aromatic N) is 4. The molecule has 0 spiro atoms. The second-order valence-electron chi connectivity index (χ2n) is 6.64. The van der Waals surface area contributed by atoms with E-state index in [1.165, 1.54) is 0 Å². The van der Waals surface area contributed by atoms with Crippen LogP contribution in [0.4, 0.5) is 0 Å². The van der Waals surface area contributed by atoms with Crippen LogP contribution in [0.2, 0.25) is 0 Å². The summed E-state index contributed by atoms with van der Waals surface area (Å²) >= 11 is 3.45. The standard InChI is InChI=1S/C17H20BrN5O/c18-12-5-7-14(8-6-12)23-16(11-3-4-11)15(20-21-23)17(24)22-9-1-2-13(19)10-22/h5-8,11,13H,1-4,9-10,19H2. The number of halogens is 1. The average Bonchev–Trinajstić information content (AvgIpc) is 3.33. The van der Waals surface area contributed by atoms with Gasteiger partial charge in [0.1, 0.15) is 0 Å². The predicted octanol–water partition coefficient (Wildman–Crippen LogP) is 2.47. The molecule has 2 fully saturated rings. The summed E-state index contributed by atoms with van der Waals surface area (Å²) in [4.78, 5) is 14.8. The van der Waals surface area contributed by atoms with Crippen molar-refractivity contribution in [2.75, 3.05) is 13.1 Å². The Kier molecular flexibility index (Phi) is 4.14. The van der Waals surface area contributed by atoms with Crippen molar-refractivity contribution in [2.24, 2.45) is 5.73 Å². The number of hydrogen-bond donors (Lipinski definition) is 1. The number of hydrogen-bond acceptors (Lipinski definition) is 4. The molecule has 1 aromatic carbocycles. The lowest BCUT2D eigenvalue weighted by atomic mass is 10.1. The van der Waals surface area contributed by atoms with Gasteiger partial charge in [-0.2, -0.15) is 0 Å². The summed E-state index contributed by atoms with van der Waals surface area (Å²) in [6.45, 7) is 1.36. The highest BCUT2D eigenvalue weighted by atomic mass is 79.9. The predicted molar refractivity (Wildman–Crippen MR) is 94.1 cm³/mol. The molecule has 1 atom stereocenters. The fraction of sp³-hybridized carbons (Fsp3) is 0.471. The first-order valence-corrected chi connectivity index (χ1v) is 9.19. The molecule has 7 heteroatoms. The minimum absolute atomic E-state index is 0.0320. The number of carbonyl (C=O) groups is 1. The first-order valence-electron chi connectivity index (χ1n) is 8.40. The van der Waals surface area contributed by atoms with Crippen LogP contribution in [-0.4, -0.2) is 44.9 Å². The van der Waals surface area contributed by atoms with Gasteiger partial charge in [-0.3, -0.25) is 4.79 Å². The lowest BCUT2D eigenvalue weighted by Gasteiger charge is -2.30. The number of piperidine rings is 1. The van der Waals surface area contributed by atoms with Gasteiger partial charge in [-0.15, -0.1) is 5.10 Å². The van der Waals surface area contributed by atoms with Crippen LogP contribution in [0.1, 0.15) is 47.8 Å². The first kappa shape index (κ1) is 15.8. The number of rotatable bonds is 3. The maximum Gasteiger partial charge on any atom is 0.276 e. The molecule has 0 radical (unpaired) electrons. The molecule has 4 rings (SSSR count). The highest BCUT2D eigenvalue weighted by Gasteiger charge is 2.36. The van der Waals surface area contributed by atoms with E-state index in [0.29, 0.717) is 18.2 Å². The Bertz CT molecular complexity index is 753. The van der Waals surface area contributed by atoms with Crippen LogP contribution >= 0.6 is 15.9 Å². The Morgan fingerprint density at radius 1 is 1.21 bits per heavy atom. The number of nitrogens with two attached hydrogens (primary N) is 1. The van der Waals surface area contributed by atoms with Gasteiger partial charge in [-0.25, -0.2) is 4.68 Å². The Morgan fingerprint density at radius 3 is 2.62 bits per heavy atom. The van der Waals surface area contributed by atoms with Crippen molar-refractivity contribution < 1.29 is 4.79 Å². The molecule has 24 heavy (non-hydrogen) atoms. The van der Waals surface area contributed by atoms with Gasteiger partial charge in [0.15, 0.2) is 5.69 Å². The molecule has 1 saturated heterocycles. The van der Waals surface area contributed by atoms with E-state index in [4.69, 9.17) is 5.73 Å². The first-order chi connectivity index (χ1) is 11.6. The van der Waals surface area contributed by atoms with Gasteiger partial charge in [0.05, 0.1) is 11.4 Å². The highest BCUT2D eigenvalue weighted by molar-refractivity contribution is 9.10. The third-order valence-corrected chi connectivity index (χ3v) is 5.22. The zero-order valence-corrected chi connectivity index (χ0v) is 14.9. The van der Waals surface area contributed by atoms with E-state index in [1.807, 2.05) is 33.8 Å². The Labute approximate surface area is 149 Å². The van der Waals surface area contributed by atoms with Crippen LogP contribution in [0, 0.1) is 0 Å². The van der Waals surface area contributed by atoms with Crippen LogP contribution in [0.5, 0.6) is 0 Å². The maximum absolute atomic E-state index is 12.9. The van der Waals surface area contributed by atoms with Crippen LogP contribution in [0.15, 0.2) is 28.7 Å². The molecule has 0 bridgehead atoms. The second kappa shape index (κ2) is 6.29. The molecule has 126 valence electrons. The van der Waals surface area contributed by atoms with Gasteiger partial charge in [0.25, 0.3) is 5.91 Å². The molecule has 2 aliphatic rings. The number of amides is 1. The lowest BCUT2D eigenvalue weighted by molar-refractivity contribution is 0.0701. The third-order valence-electron chi connectivity index (χ3n) is 4.69. The van der Waals surface area contributed by atoms with Crippen molar-refractivity contribution in [1.82, 2.24) is 19.9 Å². The zero-order valence-electron chi connectivity index (χ0n) is 13.4. The molecule has 1 saturated carbocycles. The largest absolute Gasteiger partial charge is 0.336 e. The molecule has 1 aliphatic heterocycles. The SMILES string of the molecule is NC1CCCN(C(=O)c2nnn(-c3ccc(Br)cc3)c2C2CC2)C1. The third kappa shape index (κ3) is 2.98. The summed E-state index contributed by atoms with van der Waals surface area (Å²) in [5.41, 5.74) is 8.40. The van der Waals surface area contributed by atoms with Gasteiger partial charge < -0.3 is 10.6 Å². The van der Waals surface area contributed by atoms with Crippen LogP contribution in [-0.2, 0) is 0 Å². The van der Waals surface area contributed by atoms with Crippen molar-refractivity contribution in [1.29, 1.82) is 0 Å². The van der Waals surface area contributed by atoms with E-state index in [2.05, 4.69) is 26.2 Å². The van der Waals surface area contributed by atoms with Gasteiger partial charge in [0.2, 0.25) is 0 Å². The Hall–Kier alpha value is -1.73. The molecule has 6 nitrogen and oxygen atoms in total. The van der Waals surface area contributed by atoms with E-state index in [0.717, 1.165) is 48.1 Å². The molecule has 1 aliphatic carbocycles. The monoisotopic (exact) mass is 389 g/mol. The van der Waals surface area contributed by atoms with Gasteiger partial charge >= 0.3 is 0 Å². The summed E-state index contributed by atoms with van der Waals surface area (Å²) in [6.07, 6.45) is 4.10. The minimum Gasteiger partial charge on any atom is -0.336 e. The Balaban J connectivity index is 1.69. The van der Waals surface area contributed by atoms with Crippen molar-refractivity contribution in [3.05, 3.63) is 40.1 Å². The highest BCUT2D eigenvalue weighted by Crippen LogP contribution is 2.42. The fourth-order valence-corrected chi connectivity index (χ4v) is 3.55. The van der Waals surface area contributed by atoms with Gasteiger partial charge in [-0.05, 0) is 49.9 Å². The van der Waals surface area contributed by atoms with E-state index in [1.54, 1.807) is 0 Å². The second-order valence-corrected chi connectivity index (χ2v) is 7.55. The molecule has 1 amide bonds. The smallest absolute Gasteiger partial charge is 0.276 e. The molecular formula is C17H20BrN5O. The molecule has 2 heterocycles. The van der Waals surface area contributed by atoms with E-state index >= 15 is 0 Å². The topological polar surface area (TPSA) is 77.0 Å². The van der Waals surface area contributed by atoms with E-state index < -0.39 is 0 Å². The number of likely N-dealkylation sites (tertiary alicyclic amines) is 1. The van der Waals surface area contributed by atoms with Crippen LogP contribution in [0.3, 0.4) is 0 Å². The van der Waals surface area contributed by atoms with Crippen molar-refractivity contribution in [3.8, 4) is 5.69 Å². The summed E-state index contributed by atoms with van der Waals surface area (Å²) in [7, 11) is 0. The normalized spacial score (nSPS) is 21.1. The summed E-state index contributed by atoms with van der Waals surface area (Å²) in [5.74, 6) is 0.344. The number of carbonyl (C=O) groups excluding carboxylic acids is 1. The fourth-order valence-electron chi connectivity index (χ4n) is 3.28. The summed E-state index contributed by atoms with van der Waals surface area (Å²) < 4.78 is 2.83. The van der Waals surface area contributed by atoms with E-state index in [-0.39, 0.29) is 11.9 Å². The minimum atomic E-state index is -0.0320. The van der Waals surface area contributed by atoms with Crippen molar-refractivity contribution in [3.63, 3.8) is 0 Å². The zero-order chi connectivity index (χ0) is 16.7. The Morgan fingerprint density at radius 2 is 1.96 bits per heavy atom. The molecule has 1 aromatic heterocycles. The molecular weight excluding hydrogens is 370 g/mol. The van der Waals surface area contributed by atoms with Crippen LogP contribution in [0.25, 0.3) is 5.69 Å². The summed E-state index contributed by atoms with van der Waals surface area (Å²) in [6, 6.07) is 7.97. The summed E-state index contributed by atoms with van der Waals surface area (Å²) in [5, 5.41) is 8.53. The van der Waals surface area contributed by atoms with Gasteiger partial charge in [-0.1, -0.05) is 21.1 Å². The van der Waals surface area contributed by atoms with Crippen LogP contribution < -0.4 is 5.73 Å². The molecule has 2 aromatic rings.